The van der Waals surface area contributed by atoms with Gasteiger partial charge in [-0.05, 0) is 66.9 Å². The molecule has 0 saturated carbocycles. The van der Waals surface area contributed by atoms with Gasteiger partial charge in [-0.25, -0.2) is 0 Å². The molecule has 2 atom stereocenters. The van der Waals surface area contributed by atoms with E-state index < -0.39 is 0 Å². The molecule has 0 aliphatic carbocycles. The number of hydrogen-bond acceptors (Lipinski definition) is 2. The van der Waals surface area contributed by atoms with E-state index in [9.17, 15) is 5.11 Å². The Morgan fingerprint density at radius 2 is 1.88 bits per heavy atom. The van der Waals surface area contributed by atoms with E-state index in [-0.39, 0.29) is 6.10 Å². The van der Waals surface area contributed by atoms with Crippen LogP contribution in [0.1, 0.15) is 34.8 Å². The molecule has 2 heteroatoms. The average molecular weight is 236 g/mol. The van der Waals surface area contributed by atoms with Crippen molar-refractivity contribution in [2.45, 2.75) is 33.3 Å². The molecular formula is C14H20OS. The van der Waals surface area contributed by atoms with Gasteiger partial charge in [0.2, 0.25) is 0 Å². The lowest BCUT2D eigenvalue weighted by molar-refractivity contribution is 0.120. The number of benzene rings is 1. The van der Waals surface area contributed by atoms with E-state index in [1.165, 1.54) is 22.4 Å². The summed E-state index contributed by atoms with van der Waals surface area (Å²) in [7, 11) is 0. The molecular weight excluding hydrogens is 216 g/mol. The molecule has 1 N–H and O–H groups in total. The first-order valence-electron chi connectivity index (χ1n) is 5.93. The van der Waals surface area contributed by atoms with E-state index in [4.69, 9.17) is 0 Å². The molecule has 1 nitrogen and oxygen atoms in total. The van der Waals surface area contributed by atoms with Gasteiger partial charge in [0, 0.05) is 0 Å². The van der Waals surface area contributed by atoms with Crippen LogP contribution in [0, 0.1) is 26.7 Å². The van der Waals surface area contributed by atoms with Gasteiger partial charge < -0.3 is 5.11 Å². The van der Waals surface area contributed by atoms with Crippen molar-refractivity contribution < 1.29 is 5.11 Å². The Kier molecular flexibility index (Phi) is 3.60. The number of aryl methyl sites for hydroxylation is 3. The highest BCUT2D eigenvalue weighted by Gasteiger charge is 2.26. The van der Waals surface area contributed by atoms with Crippen LogP contribution in [-0.4, -0.2) is 16.6 Å². The predicted molar refractivity (Wildman–Crippen MR) is 71.0 cm³/mol. The normalized spacial score (nSPS) is 22.4. The van der Waals surface area contributed by atoms with Crippen LogP contribution < -0.4 is 0 Å². The molecule has 0 spiro atoms. The second kappa shape index (κ2) is 4.80. The lowest BCUT2D eigenvalue weighted by atomic mass is 9.90. The Morgan fingerprint density at radius 1 is 1.19 bits per heavy atom. The summed E-state index contributed by atoms with van der Waals surface area (Å²) in [6.07, 6.45) is 0.882. The molecule has 1 aliphatic heterocycles. The maximum Gasteiger partial charge on any atom is 0.0829 e. The first kappa shape index (κ1) is 12.0. The lowest BCUT2D eigenvalue weighted by Gasteiger charge is -2.20. The van der Waals surface area contributed by atoms with Gasteiger partial charge in [0.05, 0.1) is 6.10 Å². The fourth-order valence-corrected chi connectivity index (χ4v) is 3.64. The van der Waals surface area contributed by atoms with E-state index in [2.05, 4.69) is 32.9 Å². The summed E-state index contributed by atoms with van der Waals surface area (Å²) in [5.74, 6) is 2.75. The fourth-order valence-electron chi connectivity index (χ4n) is 2.36. The summed E-state index contributed by atoms with van der Waals surface area (Å²) < 4.78 is 0. The Hall–Kier alpha value is -0.470. The first-order chi connectivity index (χ1) is 7.59. The fraction of sp³-hybridized carbons (Fsp3) is 0.571. The Morgan fingerprint density at radius 3 is 2.50 bits per heavy atom. The Labute approximate surface area is 102 Å². The zero-order valence-corrected chi connectivity index (χ0v) is 11.1. The van der Waals surface area contributed by atoms with Gasteiger partial charge in [-0.15, -0.1) is 0 Å². The Balaban J connectivity index is 2.28. The quantitative estimate of drug-likeness (QED) is 0.849. The third kappa shape index (κ3) is 2.28. The summed E-state index contributed by atoms with van der Waals surface area (Å²) in [6, 6.07) is 4.36. The SMILES string of the molecule is Cc1cc(C)c(C(O)C2CCSC2)cc1C. The molecule has 2 rings (SSSR count). The minimum Gasteiger partial charge on any atom is -0.388 e. The van der Waals surface area contributed by atoms with Gasteiger partial charge >= 0.3 is 0 Å². The number of rotatable bonds is 2. The molecule has 0 amide bonds. The lowest BCUT2D eigenvalue weighted by Crippen LogP contribution is -2.13. The van der Waals surface area contributed by atoms with Crippen LogP contribution in [0.5, 0.6) is 0 Å². The second-order valence-corrected chi connectivity index (χ2v) is 6.01. The zero-order valence-electron chi connectivity index (χ0n) is 10.3. The maximum absolute atomic E-state index is 10.4. The van der Waals surface area contributed by atoms with Gasteiger partial charge in [0.25, 0.3) is 0 Å². The van der Waals surface area contributed by atoms with E-state index in [1.54, 1.807) is 0 Å². The summed E-state index contributed by atoms with van der Waals surface area (Å²) >= 11 is 1.96. The predicted octanol–water partition coefficient (Wildman–Crippen LogP) is 3.40. The summed E-state index contributed by atoms with van der Waals surface area (Å²) in [5, 5.41) is 10.4. The van der Waals surface area contributed by atoms with Crippen molar-refractivity contribution in [1.29, 1.82) is 0 Å². The second-order valence-electron chi connectivity index (χ2n) is 4.86. The van der Waals surface area contributed by atoms with Crippen LogP contribution in [0.15, 0.2) is 12.1 Å². The van der Waals surface area contributed by atoms with Crippen molar-refractivity contribution in [3.63, 3.8) is 0 Å². The van der Waals surface area contributed by atoms with Crippen molar-refractivity contribution in [1.82, 2.24) is 0 Å². The highest BCUT2D eigenvalue weighted by molar-refractivity contribution is 7.99. The standard InChI is InChI=1S/C14H20OS/c1-9-6-11(3)13(7-10(9)2)14(15)12-4-5-16-8-12/h6-7,12,14-15H,4-5,8H2,1-3H3. The highest BCUT2D eigenvalue weighted by atomic mass is 32.2. The summed E-state index contributed by atoms with van der Waals surface area (Å²) in [5.41, 5.74) is 4.96. The molecule has 1 aliphatic rings. The minimum atomic E-state index is -0.269. The largest absolute Gasteiger partial charge is 0.388 e. The van der Waals surface area contributed by atoms with Crippen molar-refractivity contribution in [3.8, 4) is 0 Å². The van der Waals surface area contributed by atoms with Gasteiger partial charge in [0.15, 0.2) is 0 Å². The molecule has 0 bridgehead atoms. The monoisotopic (exact) mass is 236 g/mol. The highest BCUT2D eigenvalue weighted by Crippen LogP contribution is 2.35. The van der Waals surface area contributed by atoms with Crippen LogP contribution in [-0.2, 0) is 0 Å². The van der Waals surface area contributed by atoms with E-state index >= 15 is 0 Å². The van der Waals surface area contributed by atoms with Crippen molar-refractivity contribution >= 4 is 11.8 Å². The van der Waals surface area contributed by atoms with Crippen molar-refractivity contribution in [3.05, 3.63) is 34.4 Å². The summed E-state index contributed by atoms with van der Waals surface area (Å²) in [6.45, 7) is 6.35. The maximum atomic E-state index is 10.4. The van der Waals surface area contributed by atoms with Gasteiger partial charge in [-0.1, -0.05) is 12.1 Å². The van der Waals surface area contributed by atoms with Crippen LogP contribution >= 0.6 is 11.8 Å². The molecule has 0 radical (unpaired) electrons. The molecule has 2 unspecified atom stereocenters. The first-order valence-corrected chi connectivity index (χ1v) is 7.08. The third-order valence-corrected chi connectivity index (χ3v) is 4.80. The van der Waals surface area contributed by atoms with Crippen LogP contribution in [0.25, 0.3) is 0 Å². The van der Waals surface area contributed by atoms with Gasteiger partial charge in [-0.2, -0.15) is 11.8 Å². The molecule has 16 heavy (non-hydrogen) atoms. The van der Waals surface area contributed by atoms with Crippen molar-refractivity contribution in [2.75, 3.05) is 11.5 Å². The molecule has 1 aromatic rings. The van der Waals surface area contributed by atoms with E-state index in [0.29, 0.717) is 5.92 Å². The number of aliphatic hydroxyl groups excluding tert-OH is 1. The molecule has 1 aromatic carbocycles. The van der Waals surface area contributed by atoms with Crippen LogP contribution in [0.4, 0.5) is 0 Å². The summed E-state index contributed by atoms with van der Waals surface area (Å²) in [4.78, 5) is 0. The van der Waals surface area contributed by atoms with Gasteiger partial charge in [-0.3, -0.25) is 0 Å². The molecule has 1 fully saturated rings. The topological polar surface area (TPSA) is 20.2 Å². The van der Waals surface area contributed by atoms with Crippen molar-refractivity contribution in [2.24, 2.45) is 5.92 Å². The number of aliphatic hydroxyl groups is 1. The van der Waals surface area contributed by atoms with E-state index in [0.717, 1.165) is 17.7 Å². The smallest absolute Gasteiger partial charge is 0.0829 e. The number of thioether (sulfide) groups is 1. The third-order valence-electron chi connectivity index (χ3n) is 3.61. The number of hydrogen-bond donors (Lipinski definition) is 1. The Bertz CT molecular complexity index is 381. The van der Waals surface area contributed by atoms with Crippen LogP contribution in [0.3, 0.4) is 0 Å². The minimum absolute atomic E-state index is 0.269. The molecule has 1 saturated heterocycles. The molecule has 0 aromatic heterocycles. The average Bonchev–Trinajstić information content (AvgIpc) is 2.75. The molecule has 88 valence electrons. The van der Waals surface area contributed by atoms with Crippen LogP contribution in [0.2, 0.25) is 0 Å². The van der Waals surface area contributed by atoms with E-state index in [1.807, 2.05) is 11.8 Å². The van der Waals surface area contributed by atoms with Gasteiger partial charge in [0.1, 0.15) is 0 Å². The molecule has 1 heterocycles. The zero-order chi connectivity index (χ0) is 11.7.